The molecule has 0 saturated carbocycles. The van der Waals surface area contributed by atoms with Gasteiger partial charge in [0.25, 0.3) is 0 Å². The summed E-state index contributed by atoms with van der Waals surface area (Å²) in [6.07, 6.45) is 1.79. The molecule has 17 heavy (non-hydrogen) atoms. The number of halogens is 2. The summed E-state index contributed by atoms with van der Waals surface area (Å²) in [5.74, 6) is -0.194. The van der Waals surface area contributed by atoms with E-state index in [0.29, 0.717) is 17.2 Å². The summed E-state index contributed by atoms with van der Waals surface area (Å²) in [6.45, 7) is 0.699. The number of rotatable bonds is 3. The van der Waals surface area contributed by atoms with Gasteiger partial charge in [0.2, 0.25) is 9.05 Å². The van der Waals surface area contributed by atoms with Crippen LogP contribution in [-0.4, -0.2) is 15.0 Å². The lowest BCUT2D eigenvalue weighted by molar-refractivity contribution is 0.111. The molecule has 0 aromatic heterocycles. The molecule has 0 N–H and O–H groups in total. The first-order chi connectivity index (χ1) is 7.96. The largest absolute Gasteiger partial charge is 0.374 e. The second-order valence-corrected chi connectivity index (χ2v) is 7.24. The van der Waals surface area contributed by atoms with Gasteiger partial charge in [-0.15, -0.1) is 0 Å². The van der Waals surface area contributed by atoms with Crippen LogP contribution in [0.15, 0.2) is 18.2 Å². The predicted octanol–water partition coefficient (Wildman–Crippen LogP) is 3.26. The summed E-state index contributed by atoms with van der Waals surface area (Å²) in [7, 11) is 1.72. The van der Waals surface area contributed by atoms with Crippen LogP contribution in [0.5, 0.6) is 0 Å². The SMILES string of the molecule is O=S(=O)(Cl)Cc1ccc(Cl)cc1C1CCCO1. The third-order valence-corrected chi connectivity index (χ3v) is 3.93. The minimum atomic E-state index is -3.57. The Hall–Kier alpha value is -0.290. The first-order valence-corrected chi connectivity index (χ1v) is 8.13. The fraction of sp³-hybridized carbons (Fsp3) is 0.455. The highest BCUT2D eigenvalue weighted by molar-refractivity contribution is 8.13. The molecule has 0 aliphatic carbocycles. The summed E-state index contributed by atoms with van der Waals surface area (Å²) in [4.78, 5) is 0. The number of benzene rings is 1. The molecule has 2 rings (SSSR count). The lowest BCUT2D eigenvalue weighted by Gasteiger charge is -2.14. The average Bonchev–Trinajstić information content (AvgIpc) is 2.71. The molecule has 0 spiro atoms. The quantitative estimate of drug-likeness (QED) is 0.804. The first kappa shape index (κ1) is 13.1. The van der Waals surface area contributed by atoms with Crippen molar-refractivity contribution in [3.63, 3.8) is 0 Å². The highest BCUT2D eigenvalue weighted by atomic mass is 35.7. The molecule has 6 heteroatoms. The molecule has 3 nitrogen and oxygen atoms in total. The second kappa shape index (κ2) is 5.14. The van der Waals surface area contributed by atoms with Crippen LogP contribution in [0.1, 0.15) is 30.1 Å². The lowest BCUT2D eigenvalue weighted by Crippen LogP contribution is -2.04. The zero-order chi connectivity index (χ0) is 12.5. The van der Waals surface area contributed by atoms with Gasteiger partial charge in [0.05, 0.1) is 11.9 Å². The van der Waals surface area contributed by atoms with E-state index in [4.69, 9.17) is 27.0 Å². The van der Waals surface area contributed by atoms with Crippen LogP contribution in [0.25, 0.3) is 0 Å². The molecule has 0 bridgehead atoms. The van der Waals surface area contributed by atoms with Gasteiger partial charge in [-0.25, -0.2) is 8.42 Å². The molecule has 1 fully saturated rings. The zero-order valence-corrected chi connectivity index (χ0v) is 11.4. The van der Waals surface area contributed by atoms with Crippen molar-refractivity contribution in [3.8, 4) is 0 Å². The molecular formula is C11H12Cl2O3S. The molecule has 1 aliphatic heterocycles. The van der Waals surface area contributed by atoms with Crippen molar-refractivity contribution in [1.82, 2.24) is 0 Å². The fourth-order valence-electron chi connectivity index (χ4n) is 2.01. The van der Waals surface area contributed by atoms with Crippen molar-refractivity contribution < 1.29 is 13.2 Å². The topological polar surface area (TPSA) is 43.4 Å². The highest BCUT2D eigenvalue weighted by Crippen LogP contribution is 2.33. The van der Waals surface area contributed by atoms with Gasteiger partial charge in [0, 0.05) is 22.3 Å². The van der Waals surface area contributed by atoms with Gasteiger partial charge in [-0.3, -0.25) is 0 Å². The Morgan fingerprint density at radius 2 is 2.18 bits per heavy atom. The average molecular weight is 295 g/mol. The Labute approximate surface area is 110 Å². The molecule has 1 aromatic carbocycles. The van der Waals surface area contributed by atoms with Crippen molar-refractivity contribution >= 4 is 31.3 Å². The minimum Gasteiger partial charge on any atom is -0.374 e. The van der Waals surface area contributed by atoms with Crippen LogP contribution in [0.4, 0.5) is 0 Å². The Bertz CT molecular complexity index is 507. The molecule has 1 atom stereocenters. The number of hydrogen-bond acceptors (Lipinski definition) is 3. The fourth-order valence-corrected chi connectivity index (χ4v) is 3.17. The van der Waals surface area contributed by atoms with E-state index in [1.54, 1.807) is 18.2 Å². The molecule has 0 radical (unpaired) electrons. The monoisotopic (exact) mass is 294 g/mol. The van der Waals surface area contributed by atoms with E-state index in [9.17, 15) is 8.42 Å². The van der Waals surface area contributed by atoms with Gasteiger partial charge in [0.15, 0.2) is 0 Å². The Balaban J connectivity index is 2.36. The standard InChI is InChI=1S/C11H12Cl2O3S/c12-9-4-3-8(7-17(13,14)15)10(6-9)11-2-1-5-16-11/h3-4,6,11H,1-2,5,7H2. The molecule has 1 unspecified atom stereocenters. The number of hydrogen-bond donors (Lipinski definition) is 0. The minimum absolute atomic E-state index is 0.0675. The van der Waals surface area contributed by atoms with Crippen LogP contribution in [0, 0.1) is 0 Å². The summed E-state index contributed by atoms with van der Waals surface area (Å²) >= 11 is 5.93. The third-order valence-electron chi connectivity index (χ3n) is 2.71. The van der Waals surface area contributed by atoms with Gasteiger partial charge in [0.1, 0.15) is 0 Å². The maximum atomic E-state index is 11.1. The summed E-state index contributed by atoms with van der Waals surface area (Å²) in [6, 6.07) is 5.12. The van der Waals surface area contributed by atoms with E-state index in [-0.39, 0.29) is 11.9 Å². The summed E-state index contributed by atoms with van der Waals surface area (Å²) in [5.41, 5.74) is 1.50. The summed E-state index contributed by atoms with van der Waals surface area (Å²) < 4.78 is 27.8. The van der Waals surface area contributed by atoms with Gasteiger partial charge in [-0.2, -0.15) is 0 Å². The second-order valence-electron chi connectivity index (χ2n) is 4.03. The van der Waals surface area contributed by atoms with E-state index in [1.165, 1.54) is 0 Å². The van der Waals surface area contributed by atoms with Gasteiger partial charge < -0.3 is 4.74 Å². The molecule has 0 amide bonds. The molecule has 1 aromatic rings. The maximum absolute atomic E-state index is 11.1. The smallest absolute Gasteiger partial charge is 0.236 e. The van der Waals surface area contributed by atoms with Crippen LogP contribution in [0.2, 0.25) is 5.02 Å². The zero-order valence-electron chi connectivity index (χ0n) is 9.03. The third kappa shape index (κ3) is 3.58. The molecule has 1 saturated heterocycles. The van der Waals surface area contributed by atoms with Crippen molar-refractivity contribution in [2.24, 2.45) is 0 Å². The lowest BCUT2D eigenvalue weighted by atomic mass is 10.0. The molecule has 94 valence electrons. The van der Waals surface area contributed by atoms with Crippen molar-refractivity contribution in [2.75, 3.05) is 6.61 Å². The van der Waals surface area contributed by atoms with Crippen molar-refractivity contribution in [2.45, 2.75) is 24.7 Å². The van der Waals surface area contributed by atoms with E-state index in [0.717, 1.165) is 18.4 Å². The van der Waals surface area contributed by atoms with Gasteiger partial charge >= 0.3 is 0 Å². The van der Waals surface area contributed by atoms with Crippen LogP contribution in [0.3, 0.4) is 0 Å². The van der Waals surface area contributed by atoms with Crippen LogP contribution < -0.4 is 0 Å². The highest BCUT2D eigenvalue weighted by Gasteiger charge is 2.22. The van der Waals surface area contributed by atoms with Crippen LogP contribution in [-0.2, 0) is 19.5 Å². The molecule has 1 heterocycles. The number of ether oxygens (including phenoxy) is 1. The normalized spacial score (nSPS) is 20.7. The van der Waals surface area contributed by atoms with E-state index >= 15 is 0 Å². The Morgan fingerprint density at radius 1 is 1.41 bits per heavy atom. The summed E-state index contributed by atoms with van der Waals surface area (Å²) in [5, 5.41) is 0.575. The molecular weight excluding hydrogens is 283 g/mol. The predicted molar refractivity (Wildman–Crippen MR) is 67.9 cm³/mol. The molecule has 1 aliphatic rings. The van der Waals surface area contributed by atoms with E-state index in [1.807, 2.05) is 0 Å². The van der Waals surface area contributed by atoms with Crippen LogP contribution >= 0.6 is 22.3 Å². The van der Waals surface area contributed by atoms with Crippen molar-refractivity contribution in [3.05, 3.63) is 34.3 Å². The van der Waals surface area contributed by atoms with Gasteiger partial charge in [-0.05, 0) is 36.1 Å². The maximum Gasteiger partial charge on any atom is 0.236 e. The Kier molecular flexibility index (Phi) is 3.98. The van der Waals surface area contributed by atoms with E-state index in [2.05, 4.69) is 0 Å². The van der Waals surface area contributed by atoms with Gasteiger partial charge in [-0.1, -0.05) is 17.7 Å². The Morgan fingerprint density at radius 3 is 2.76 bits per heavy atom. The first-order valence-electron chi connectivity index (χ1n) is 5.28. The van der Waals surface area contributed by atoms with Crippen molar-refractivity contribution in [1.29, 1.82) is 0 Å². The van der Waals surface area contributed by atoms with E-state index < -0.39 is 9.05 Å².